The number of nitrogens with zero attached hydrogens (tertiary/aromatic N) is 1. The fourth-order valence-electron chi connectivity index (χ4n) is 1.99. The second kappa shape index (κ2) is 11.9. The molecule has 0 radical (unpaired) electrons. The van der Waals surface area contributed by atoms with Crippen molar-refractivity contribution >= 4 is 12.1 Å². The molecule has 0 aliphatic carbocycles. The number of rotatable bonds is 11. The van der Waals surface area contributed by atoms with Gasteiger partial charge in [0, 0.05) is 24.9 Å². The van der Waals surface area contributed by atoms with Gasteiger partial charge in [-0.1, -0.05) is 35.5 Å². The topological polar surface area (TPSA) is 94.9 Å². The molecule has 0 bridgehead atoms. The monoisotopic (exact) mass is 294 g/mol. The summed E-state index contributed by atoms with van der Waals surface area (Å²) in [4.78, 5) is 10.9. The van der Waals surface area contributed by atoms with Gasteiger partial charge < -0.3 is 21.2 Å². The molecule has 0 fully saturated rings. The van der Waals surface area contributed by atoms with E-state index in [9.17, 15) is 4.79 Å². The molecule has 0 aliphatic heterocycles. The molecule has 1 amide bonds. The summed E-state index contributed by atoms with van der Waals surface area (Å²) in [5.74, 6) is -0.354. The molecule has 0 aliphatic rings. The minimum atomic E-state index is -0.354. The number of hydrogen-bond donors (Lipinski definition) is 4. The van der Waals surface area contributed by atoms with Crippen LogP contribution >= 0.6 is 0 Å². The van der Waals surface area contributed by atoms with Gasteiger partial charge in [-0.05, 0) is 0 Å². The number of carbonyl (C=O) groups is 1. The van der Waals surface area contributed by atoms with Gasteiger partial charge in [0.05, 0.1) is 19.6 Å². The van der Waals surface area contributed by atoms with Crippen molar-refractivity contribution in [2.45, 2.75) is 19.4 Å². The minimum Gasteiger partial charge on any atom is -0.411 e. The zero-order chi connectivity index (χ0) is 15.2. The first-order valence-electron chi connectivity index (χ1n) is 7.45. The Morgan fingerprint density at radius 1 is 1.14 bits per heavy atom. The van der Waals surface area contributed by atoms with Gasteiger partial charge >= 0.3 is 0 Å². The van der Waals surface area contributed by atoms with Gasteiger partial charge in [0.15, 0.2) is 0 Å². The number of quaternary nitrogens is 2. The maximum Gasteiger partial charge on any atom is 0.265 e. The lowest BCUT2D eigenvalue weighted by atomic mass is 10.2. The number of carbonyl (C=O) groups excluding carboxylic acids is 1. The Labute approximate surface area is 125 Å². The van der Waals surface area contributed by atoms with Crippen molar-refractivity contribution in [2.75, 3.05) is 26.2 Å². The van der Waals surface area contributed by atoms with E-state index in [1.807, 2.05) is 6.07 Å². The van der Waals surface area contributed by atoms with E-state index in [4.69, 9.17) is 5.21 Å². The third-order valence-corrected chi connectivity index (χ3v) is 3.10. The zero-order valence-electron chi connectivity index (χ0n) is 12.4. The number of hydrogen-bond acceptors (Lipinski definition) is 3. The van der Waals surface area contributed by atoms with E-state index in [-0.39, 0.29) is 5.91 Å². The predicted molar refractivity (Wildman–Crippen MR) is 81.1 cm³/mol. The quantitative estimate of drug-likeness (QED) is 0.176. The van der Waals surface area contributed by atoms with Crippen LogP contribution in [-0.4, -0.2) is 43.5 Å². The fraction of sp³-hybridized carbons (Fsp3) is 0.467. The van der Waals surface area contributed by atoms with Crippen LogP contribution in [0.3, 0.4) is 0 Å². The molecule has 0 heterocycles. The average molecular weight is 294 g/mol. The van der Waals surface area contributed by atoms with Crippen LogP contribution in [0.25, 0.3) is 0 Å². The van der Waals surface area contributed by atoms with E-state index in [2.05, 4.69) is 45.4 Å². The predicted octanol–water partition coefficient (Wildman–Crippen LogP) is -1.33. The number of nitrogens with two attached hydrogens (primary N) is 2. The first-order valence-corrected chi connectivity index (χ1v) is 7.45. The molecule has 0 saturated heterocycles. The van der Waals surface area contributed by atoms with Gasteiger partial charge in [0.2, 0.25) is 0 Å². The van der Waals surface area contributed by atoms with Crippen LogP contribution in [0, 0.1) is 0 Å². The number of benzene rings is 1. The van der Waals surface area contributed by atoms with E-state index in [0.717, 1.165) is 38.8 Å². The van der Waals surface area contributed by atoms with Crippen LogP contribution in [0.15, 0.2) is 35.5 Å². The Morgan fingerprint density at radius 2 is 1.86 bits per heavy atom. The molecule has 1 aromatic carbocycles. The number of nitrogens with one attached hydrogen (secondary N) is 1. The van der Waals surface area contributed by atoms with Crippen LogP contribution in [0.1, 0.15) is 18.4 Å². The molecule has 116 valence electrons. The third kappa shape index (κ3) is 9.59. The summed E-state index contributed by atoms with van der Waals surface area (Å²) in [5, 5.41) is 18.1. The standard InChI is InChI=1S/C15H24N4O2/c20-15(13-19-21)18-11-5-9-16-8-4-10-17-12-14-6-2-1-3-7-14/h1-3,6-7,13,16-17,21H,4-5,8-12H2,(H,18,20)/p+2/b19-13-. The van der Waals surface area contributed by atoms with Crippen molar-refractivity contribution in [3.63, 3.8) is 0 Å². The molecule has 0 saturated carbocycles. The van der Waals surface area contributed by atoms with Gasteiger partial charge in [-0.25, -0.2) is 0 Å². The highest BCUT2D eigenvalue weighted by atomic mass is 16.4. The second-order valence-electron chi connectivity index (χ2n) is 4.88. The molecular weight excluding hydrogens is 268 g/mol. The first-order chi connectivity index (χ1) is 10.3. The molecule has 0 aromatic heterocycles. The highest BCUT2D eigenvalue weighted by molar-refractivity contribution is 6.25. The number of amides is 1. The summed E-state index contributed by atoms with van der Waals surface area (Å²) in [5.41, 5.74) is 1.36. The molecule has 21 heavy (non-hydrogen) atoms. The summed E-state index contributed by atoms with van der Waals surface area (Å²) in [7, 11) is 0. The average Bonchev–Trinajstić information content (AvgIpc) is 2.50. The largest absolute Gasteiger partial charge is 0.411 e. The zero-order valence-corrected chi connectivity index (χ0v) is 12.4. The maximum absolute atomic E-state index is 10.9. The summed E-state index contributed by atoms with van der Waals surface area (Å²) in [6.07, 6.45) is 2.96. The lowest BCUT2D eigenvalue weighted by Crippen LogP contribution is -2.87. The van der Waals surface area contributed by atoms with Crippen LogP contribution in [-0.2, 0) is 11.3 Å². The second-order valence-corrected chi connectivity index (χ2v) is 4.88. The molecule has 6 N–H and O–H groups in total. The normalized spacial score (nSPS) is 10.9. The lowest BCUT2D eigenvalue weighted by molar-refractivity contribution is -0.689. The summed E-state index contributed by atoms with van der Waals surface area (Å²) < 4.78 is 0. The van der Waals surface area contributed by atoms with Gasteiger partial charge in [-0.3, -0.25) is 4.79 Å². The third-order valence-electron chi connectivity index (χ3n) is 3.10. The lowest BCUT2D eigenvalue weighted by Gasteiger charge is -2.03. The Bertz CT molecular complexity index is 409. The SMILES string of the molecule is O=C(/C=N\O)NCCC[NH2+]CCC[NH2+]Cc1ccccc1. The van der Waals surface area contributed by atoms with Crippen molar-refractivity contribution in [3.05, 3.63) is 35.9 Å². The minimum absolute atomic E-state index is 0.354. The van der Waals surface area contributed by atoms with E-state index in [1.165, 1.54) is 12.0 Å². The molecule has 0 atom stereocenters. The van der Waals surface area contributed by atoms with Crippen LogP contribution < -0.4 is 16.0 Å². The van der Waals surface area contributed by atoms with Crippen LogP contribution in [0.2, 0.25) is 0 Å². The summed E-state index contributed by atoms with van der Waals surface area (Å²) >= 11 is 0. The van der Waals surface area contributed by atoms with Crippen LogP contribution in [0.4, 0.5) is 0 Å². The summed E-state index contributed by atoms with van der Waals surface area (Å²) in [6.45, 7) is 4.89. The number of oxime groups is 1. The van der Waals surface area contributed by atoms with Crippen molar-refractivity contribution in [1.29, 1.82) is 0 Å². The van der Waals surface area contributed by atoms with E-state index >= 15 is 0 Å². The van der Waals surface area contributed by atoms with Crippen molar-refractivity contribution in [1.82, 2.24) is 5.32 Å². The van der Waals surface area contributed by atoms with Crippen molar-refractivity contribution in [2.24, 2.45) is 5.16 Å². The van der Waals surface area contributed by atoms with Gasteiger partial charge in [0.1, 0.15) is 12.8 Å². The molecular formula is C15H26N4O2+2. The van der Waals surface area contributed by atoms with E-state index < -0.39 is 0 Å². The summed E-state index contributed by atoms with van der Waals surface area (Å²) in [6, 6.07) is 10.5. The highest BCUT2D eigenvalue weighted by Gasteiger charge is 1.98. The smallest absolute Gasteiger partial charge is 0.265 e. The van der Waals surface area contributed by atoms with Crippen LogP contribution in [0.5, 0.6) is 0 Å². The van der Waals surface area contributed by atoms with Crippen molar-refractivity contribution < 1.29 is 20.6 Å². The molecule has 0 unspecified atom stereocenters. The highest BCUT2D eigenvalue weighted by Crippen LogP contribution is 1.94. The Morgan fingerprint density at radius 3 is 2.62 bits per heavy atom. The van der Waals surface area contributed by atoms with Gasteiger partial charge in [-0.15, -0.1) is 0 Å². The molecule has 1 aromatic rings. The van der Waals surface area contributed by atoms with Gasteiger partial charge in [-0.2, -0.15) is 0 Å². The molecule has 6 nitrogen and oxygen atoms in total. The van der Waals surface area contributed by atoms with E-state index in [0.29, 0.717) is 6.54 Å². The fourth-order valence-corrected chi connectivity index (χ4v) is 1.99. The Kier molecular flexibility index (Phi) is 9.68. The first kappa shape index (κ1) is 17.1. The Hall–Kier alpha value is -1.92. The van der Waals surface area contributed by atoms with Crippen molar-refractivity contribution in [3.8, 4) is 0 Å². The van der Waals surface area contributed by atoms with E-state index in [1.54, 1.807) is 0 Å². The molecule has 1 rings (SSSR count). The van der Waals surface area contributed by atoms with Gasteiger partial charge in [0.25, 0.3) is 5.91 Å². The maximum atomic E-state index is 10.9. The molecule has 6 heteroatoms. The Balaban J connectivity index is 1.84. The molecule has 0 spiro atoms.